The number of rotatable bonds is 16. The highest BCUT2D eigenvalue weighted by atomic mass is 16.8. The lowest BCUT2D eigenvalue weighted by atomic mass is 10.00. The summed E-state index contributed by atoms with van der Waals surface area (Å²) in [4.78, 5) is 37.7. The van der Waals surface area contributed by atoms with Crippen LogP contribution in [0.25, 0.3) is 33.3 Å². The van der Waals surface area contributed by atoms with Crippen molar-refractivity contribution in [2.24, 2.45) is 0 Å². The predicted molar refractivity (Wildman–Crippen MR) is 184 cm³/mol. The number of unbranched alkanes of at least 4 members (excludes halogenated alkanes) is 1. The van der Waals surface area contributed by atoms with Gasteiger partial charge in [0.2, 0.25) is 0 Å². The lowest BCUT2D eigenvalue weighted by Crippen LogP contribution is -2.34. The largest absolute Gasteiger partial charge is 0.619 e. The van der Waals surface area contributed by atoms with Crippen molar-refractivity contribution < 1.29 is 38.1 Å². The number of hydrogen-bond donors (Lipinski definition) is 1. The highest BCUT2D eigenvalue weighted by Gasteiger charge is 2.26. The molecule has 1 amide bonds. The lowest BCUT2D eigenvalue weighted by molar-refractivity contribution is -0.603. The maximum Gasteiger partial charge on any atom is 0.305 e. The molecule has 12 nitrogen and oxygen atoms in total. The van der Waals surface area contributed by atoms with Gasteiger partial charge >= 0.3 is 5.97 Å². The molecule has 1 aliphatic rings. The molecule has 2 aromatic carbocycles. The van der Waals surface area contributed by atoms with Crippen molar-refractivity contribution in [3.63, 3.8) is 0 Å². The summed E-state index contributed by atoms with van der Waals surface area (Å²) in [6.07, 6.45) is 7.40. The third kappa shape index (κ3) is 9.88. The summed E-state index contributed by atoms with van der Waals surface area (Å²) in [5, 5.41) is 12.5. The van der Waals surface area contributed by atoms with Gasteiger partial charge < -0.3 is 29.1 Å². The van der Waals surface area contributed by atoms with Crippen LogP contribution in [0.4, 0.5) is 0 Å². The fraction of sp³-hybridized carbons (Fsp3) is 0.405. The summed E-state index contributed by atoms with van der Waals surface area (Å²) in [6, 6.07) is 17.2. The molecule has 0 radical (unpaired) electrons. The number of ether oxygens (including phenoxy) is 4. The number of aromatic nitrogens is 2. The number of hydroxylamine groups is 1. The highest BCUT2D eigenvalue weighted by Crippen LogP contribution is 2.37. The van der Waals surface area contributed by atoms with E-state index in [1.165, 1.54) is 19.5 Å². The minimum Gasteiger partial charge on any atom is -0.619 e. The van der Waals surface area contributed by atoms with Gasteiger partial charge in [-0.05, 0) is 76.0 Å². The zero-order chi connectivity index (χ0) is 34.6. The number of pyridine rings is 2. The Balaban J connectivity index is 1.21. The minimum absolute atomic E-state index is 0.139. The van der Waals surface area contributed by atoms with E-state index in [0.29, 0.717) is 54.0 Å². The van der Waals surface area contributed by atoms with Crippen molar-refractivity contribution in [2.45, 2.75) is 51.2 Å². The quantitative estimate of drug-likeness (QED) is 0.0539. The third-order valence-electron chi connectivity index (χ3n) is 8.11. The summed E-state index contributed by atoms with van der Waals surface area (Å²) in [7, 11) is 5.43. The molecule has 12 heteroatoms. The molecule has 0 spiro atoms. The van der Waals surface area contributed by atoms with Gasteiger partial charge in [-0.1, -0.05) is 36.4 Å². The number of nitrogens with zero attached hydrogens (tertiary/aromatic N) is 3. The second-order valence-electron chi connectivity index (χ2n) is 12.1. The maximum atomic E-state index is 13.5. The van der Waals surface area contributed by atoms with Crippen molar-refractivity contribution in [2.75, 3.05) is 47.6 Å². The van der Waals surface area contributed by atoms with Gasteiger partial charge in [-0.25, -0.2) is 15.3 Å². The SMILES string of the molecule is COc1c(-c2ccc(-c3ccc(OCCCCOC(=O)CCCN(C)C)cc3)cc2)nc2cc[n+]([O-])cc2c1C(=O)NOC1CCCCO1. The van der Waals surface area contributed by atoms with Gasteiger partial charge in [0.15, 0.2) is 24.4 Å². The first-order valence-corrected chi connectivity index (χ1v) is 16.6. The van der Waals surface area contributed by atoms with E-state index >= 15 is 0 Å². The normalized spacial score (nSPS) is 14.5. The van der Waals surface area contributed by atoms with E-state index in [-0.39, 0.29) is 17.3 Å². The van der Waals surface area contributed by atoms with Crippen LogP contribution >= 0.6 is 0 Å². The molecular weight excluding hydrogens is 628 g/mol. The van der Waals surface area contributed by atoms with Crippen molar-refractivity contribution in [3.8, 4) is 33.9 Å². The second-order valence-corrected chi connectivity index (χ2v) is 12.1. The van der Waals surface area contributed by atoms with E-state index in [4.69, 9.17) is 28.8 Å². The fourth-order valence-electron chi connectivity index (χ4n) is 5.52. The predicted octanol–water partition coefficient (Wildman–Crippen LogP) is 5.44. The van der Waals surface area contributed by atoms with Crippen LogP contribution in [0.15, 0.2) is 67.0 Å². The second kappa shape index (κ2) is 17.6. The standard InChI is InChI=1S/C37H44N4O8/c1-40(2)20-8-9-32(42)47-23-7-6-22-46-29-17-15-27(16-18-29)26-11-13-28(14-12-26)35-36(45-3)34(30-25-41(44)21-19-31(30)38-35)37(43)39-49-33-10-4-5-24-48-33/h11-19,21,25,33H,4-10,20,22-24H2,1-3H3,(H,39,43). The van der Waals surface area contributed by atoms with Crippen LogP contribution in [0.3, 0.4) is 0 Å². The minimum atomic E-state index is -0.570. The first kappa shape index (κ1) is 35.5. The molecule has 5 rings (SSSR count). The van der Waals surface area contributed by atoms with E-state index in [1.807, 2.05) is 67.5 Å². The number of benzene rings is 2. The topological polar surface area (TPSA) is 135 Å². The molecule has 0 bridgehead atoms. The molecule has 4 aromatic rings. The Hall–Kier alpha value is -4.78. The first-order valence-electron chi connectivity index (χ1n) is 16.6. The van der Waals surface area contributed by atoms with Gasteiger partial charge in [0.25, 0.3) is 5.91 Å². The first-order chi connectivity index (χ1) is 23.8. The van der Waals surface area contributed by atoms with Crippen molar-refractivity contribution in [1.82, 2.24) is 15.4 Å². The fourth-order valence-corrected chi connectivity index (χ4v) is 5.52. The van der Waals surface area contributed by atoms with Crippen LogP contribution in [0.1, 0.15) is 55.3 Å². The number of carbonyl (C=O) groups is 2. The summed E-state index contributed by atoms with van der Waals surface area (Å²) in [5.41, 5.74) is 6.25. The molecule has 49 heavy (non-hydrogen) atoms. The monoisotopic (exact) mass is 672 g/mol. The number of hydrogen-bond acceptors (Lipinski definition) is 10. The molecule has 1 aliphatic heterocycles. The zero-order valence-corrected chi connectivity index (χ0v) is 28.3. The summed E-state index contributed by atoms with van der Waals surface area (Å²) >= 11 is 0. The molecule has 0 saturated carbocycles. The van der Waals surface area contributed by atoms with Crippen LogP contribution in [-0.4, -0.2) is 75.6 Å². The Bertz CT molecular complexity index is 1690. The molecule has 260 valence electrons. The van der Waals surface area contributed by atoms with Gasteiger partial charge in [-0.2, -0.15) is 4.73 Å². The number of fused-ring (bicyclic) bond motifs is 1. The molecule has 1 N–H and O–H groups in total. The van der Waals surface area contributed by atoms with Crippen LogP contribution in [0, 0.1) is 5.21 Å². The summed E-state index contributed by atoms with van der Waals surface area (Å²) in [5.74, 6) is 0.256. The van der Waals surface area contributed by atoms with Gasteiger partial charge in [-0.3, -0.25) is 9.59 Å². The molecule has 1 saturated heterocycles. The number of methoxy groups -OCH3 is 1. The van der Waals surface area contributed by atoms with Crippen molar-refractivity contribution in [3.05, 3.63) is 77.8 Å². The Morgan fingerprint density at radius 1 is 0.980 bits per heavy atom. The Morgan fingerprint density at radius 3 is 2.39 bits per heavy atom. The Kier molecular flexibility index (Phi) is 12.7. The van der Waals surface area contributed by atoms with Gasteiger partial charge in [0, 0.05) is 31.1 Å². The molecule has 1 atom stereocenters. The average Bonchev–Trinajstić information content (AvgIpc) is 3.12. The van der Waals surface area contributed by atoms with E-state index in [0.717, 1.165) is 61.1 Å². The van der Waals surface area contributed by atoms with Crippen LogP contribution in [0.5, 0.6) is 11.5 Å². The highest BCUT2D eigenvalue weighted by molar-refractivity contribution is 6.09. The van der Waals surface area contributed by atoms with E-state index in [9.17, 15) is 14.8 Å². The molecule has 2 aromatic heterocycles. The average molecular weight is 673 g/mol. The van der Waals surface area contributed by atoms with Crippen LogP contribution in [-0.2, 0) is 19.1 Å². The van der Waals surface area contributed by atoms with Crippen LogP contribution < -0.4 is 19.7 Å². The van der Waals surface area contributed by atoms with Gasteiger partial charge in [0.05, 0.1) is 31.2 Å². The molecule has 0 aliphatic carbocycles. The van der Waals surface area contributed by atoms with Gasteiger partial charge in [0.1, 0.15) is 17.0 Å². The van der Waals surface area contributed by atoms with E-state index < -0.39 is 12.2 Å². The molecule has 3 heterocycles. The Morgan fingerprint density at radius 2 is 1.69 bits per heavy atom. The number of nitrogens with one attached hydrogen (secondary N) is 1. The van der Waals surface area contributed by atoms with Crippen molar-refractivity contribution in [1.29, 1.82) is 0 Å². The molecule has 1 fully saturated rings. The van der Waals surface area contributed by atoms with Crippen molar-refractivity contribution >= 4 is 22.8 Å². The summed E-state index contributed by atoms with van der Waals surface area (Å²) < 4.78 is 23.1. The third-order valence-corrected chi connectivity index (χ3v) is 8.11. The molecule has 1 unspecified atom stereocenters. The smallest absolute Gasteiger partial charge is 0.305 e. The van der Waals surface area contributed by atoms with Crippen LogP contribution in [0.2, 0.25) is 0 Å². The maximum absolute atomic E-state index is 13.5. The van der Waals surface area contributed by atoms with E-state index in [2.05, 4.69) is 5.48 Å². The molecular formula is C37H44N4O8. The Labute approximate surface area is 286 Å². The van der Waals surface area contributed by atoms with E-state index in [1.54, 1.807) is 6.07 Å². The number of carbonyl (C=O) groups excluding carboxylic acids is 2. The number of esters is 1. The zero-order valence-electron chi connectivity index (χ0n) is 28.3. The lowest BCUT2D eigenvalue weighted by Gasteiger charge is -2.22. The van der Waals surface area contributed by atoms with Gasteiger partial charge in [-0.15, -0.1) is 0 Å². The number of amides is 1. The summed E-state index contributed by atoms with van der Waals surface area (Å²) in [6.45, 7) is 2.36.